The van der Waals surface area contributed by atoms with Crippen LogP contribution in [0.2, 0.25) is 0 Å². The van der Waals surface area contributed by atoms with Crippen molar-refractivity contribution in [1.82, 2.24) is 5.32 Å². The van der Waals surface area contributed by atoms with Crippen LogP contribution in [0.1, 0.15) is 35.2 Å². The van der Waals surface area contributed by atoms with Crippen LogP contribution >= 0.6 is 12.2 Å². The van der Waals surface area contributed by atoms with Gasteiger partial charge in [0.15, 0.2) is 10.8 Å². The minimum atomic E-state index is -1.02. The fourth-order valence-corrected chi connectivity index (χ4v) is 4.57. The molecule has 0 unspecified atom stereocenters. The first-order chi connectivity index (χ1) is 14.8. The van der Waals surface area contributed by atoms with Gasteiger partial charge in [-0.2, -0.15) is 0 Å². The fourth-order valence-electron chi connectivity index (χ4n) is 4.11. The van der Waals surface area contributed by atoms with E-state index in [1.54, 1.807) is 4.90 Å². The average Bonchev–Trinajstić information content (AvgIpc) is 2.96. The van der Waals surface area contributed by atoms with E-state index in [1.165, 1.54) is 38.2 Å². The lowest BCUT2D eigenvalue weighted by Crippen LogP contribution is -2.55. The summed E-state index contributed by atoms with van der Waals surface area (Å²) in [6.07, 6.45) is 1.75. The second kappa shape index (κ2) is 7.39. The van der Waals surface area contributed by atoms with Crippen LogP contribution in [-0.4, -0.2) is 29.5 Å². The fraction of sp³-hybridized carbons (Fsp3) is 0.273. The molecule has 2 aromatic rings. The van der Waals surface area contributed by atoms with Crippen LogP contribution in [0.3, 0.4) is 0 Å². The molecule has 2 amide bonds. The normalized spacial score (nSPS) is 17.0. The third kappa shape index (κ3) is 2.90. The van der Waals surface area contributed by atoms with Crippen molar-refractivity contribution in [2.24, 2.45) is 0 Å². The van der Waals surface area contributed by atoms with Crippen molar-refractivity contribution in [2.75, 3.05) is 16.8 Å². The average molecular weight is 440 g/mol. The molecule has 0 atom stereocenters. The number of carbonyl (C=O) groups excluding carboxylic acids is 2. The lowest BCUT2D eigenvalue weighted by molar-refractivity contribution is -0.123. The van der Waals surface area contributed by atoms with Gasteiger partial charge in [-0.05, 0) is 68.2 Å². The van der Waals surface area contributed by atoms with Crippen LogP contribution in [0, 0.1) is 25.1 Å². The van der Waals surface area contributed by atoms with Crippen molar-refractivity contribution < 1.29 is 18.4 Å². The number of hydrogen-bond acceptors (Lipinski definition) is 3. The number of anilines is 2. The highest BCUT2D eigenvalue weighted by atomic mass is 32.1. The number of halogens is 2. The summed E-state index contributed by atoms with van der Waals surface area (Å²) in [5.41, 5.74) is -0.571. The van der Waals surface area contributed by atoms with Gasteiger partial charge in [-0.15, -0.1) is 0 Å². The number of carbonyl (C=O) groups is 2. The van der Waals surface area contributed by atoms with Crippen molar-refractivity contribution in [3.05, 3.63) is 64.5 Å². The minimum absolute atomic E-state index is 0.0314. The molecule has 9 heteroatoms. The SMILES string of the molecule is [C-]#[N+]c1ccc(N2C(=O)C3(CCC3)N(c3ccc(C(=O)NC)c(F)c3)C2=S)c(F)c1C. The minimum Gasteiger partial charge on any atom is -0.355 e. The Morgan fingerprint density at radius 1 is 1.26 bits per heavy atom. The molecular weight excluding hydrogens is 422 g/mol. The molecule has 1 spiro atoms. The second-order valence-corrected chi connectivity index (χ2v) is 7.91. The van der Waals surface area contributed by atoms with E-state index in [1.807, 2.05) is 0 Å². The Bertz CT molecular complexity index is 1190. The molecule has 1 aliphatic heterocycles. The third-order valence-corrected chi connectivity index (χ3v) is 6.34. The Morgan fingerprint density at radius 3 is 2.52 bits per heavy atom. The summed E-state index contributed by atoms with van der Waals surface area (Å²) in [4.78, 5) is 31.2. The van der Waals surface area contributed by atoms with Gasteiger partial charge in [0.25, 0.3) is 11.8 Å². The smallest absolute Gasteiger partial charge is 0.259 e. The largest absolute Gasteiger partial charge is 0.355 e. The van der Waals surface area contributed by atoms with Crippen LogP contribution in [0.4, 0.5) is 25.8 Å². The zero-order valence-corrected chi connectivity index (χ0v) is 17.6. The quantitative estimate of drug-likeness (QED) is 0.573. The van der Waals surface area contributed by atoms with E-state index in [2.05, 4.69) is 10.2 Å². The molecule has 158 valence electrons. The number of nitrogens with one attached hydrogen (secondary N) is 1. The number of rotatable bonds is 3. The highest BCUT2D eigenvalue weighted by molar-refractivity contribution is 7.81. The van der Waals surface area contributed by atoms with Crippen LogP contribution in [0.5, 0.6) is 0 Å². The van der Waals surface area contributed by atoms with Crippen molar-refractivity contribution in [3.63, 3.8) is 0 Å². The second-order valence-electron chi connectivity index (χ2n) is 7.54. The maximum atomic E-state index is 15.1. The molecule has 0 radical (unpaired) electrons. The standard InChI is InChI=1S/C22H18F2N4O2S/c1-12-16(25-2)7-8-17(18(12)24)27-20(30)22(9-4-10-22)28(21(27)31)13-5-6-14(15(23)11-13)19(29)26-3/h5-8,11H,4,9-10H2,1,3H3,(H,26,29). The molecule has 2 aromatic carbocycles. The van der Waals surface area contributed by atoms with Crippen LogP contribution in [-0.2, 0) is 4.79 Å². The summed E-state index contributed by atoms with van der Waals surface area (Å²) in [5.74, 6) is -2.39. The van der Waals surface area contributed by atoms with E-state index in [0.29, 0.717) is 18.5 Å². The lowest BCUT2D eigenvalue weighted by atomic mass is 9.75. The summed E-state index contributed by atoms with van der Waals surface area (Å²) in [7, 11) is 1.40. The van der Waals surface area contributed by atoms with E-state index in [-0.39, 0.29) is 33.5 Å². The van der Waals surface area contributed by atoms with E-state index < -0.39 is 23.1 Å². The van der Waals surface area contributed by atoms with Gasteiger partial charge >= 0.3 is 0 Å². The van der Waals surface area contributed by atoms with E-state index >= 15 is 4.39 Å². The predicted molar refractivity (Wildman–Crippen MR) is 116 cm³/mol. The molecular formula is C22H18F2N4O2S. The Balaban J connectivity index is 1.81. The highest BCUT2D eigenvalue weighted by Crippen LogP contribution is 2.48. The molecule has 1 heterocycles. The van der Waals surface area contributed by atoms with E-state index in [9.17, 15) is 14.0 Å². The Kier molecular flexibility index (Phi) is 4.98. The molecule has 1 saturated heterocycles. The summed E-state index contributed by atoms with van der Waals surface area (Å²) in [6, 6.07) is 6.84. The Morgan fingerprint density at radius 2 is 1.97 bits per heavy atom. The Labute approximate surface area is 183 Å². The summed E-state index contributed by atoms with van der Waals surface area (Å²) in [5, 5.41) is 2.40. The molecule has 2 fully saturated rings. The molecule has 1 saturated carbocycles. The van der Waals surface area contributed by atoms with E-state index in [4.69, 9.17) is 18.8 Å². The van der Waals surface area contributed by atoms with Gasteiger partial charge in [0.2, 0.25) is 0 Å². The molecule has 4 rings (SSSR count). The van der Waals surface area contributed by atoms with Gasteiger partial charge in [-0.3, -0.25) is 14.5 Å². The summed E-state index contributed by atoms with van der Waals surface area (Å²) in [6.45, 7) is 8.62. The van der Waals surface area contributed by atoms with Crippen molar-refractivity contribution in [2.45, 2.75) is 31.7 Å². The highest BCUT2D eigenvalue weighted by Gasteiger charge is 2.60. The predicted octanol–water partition coefficient (Wildman–Crippen LogP) is 4.24. The zero-order valence-electron chi connectivity index (χ0n) is 16.8. The maximum Gasteiger partial charge on any atom is 0.259 e. The van der Waals surface area contributed by atoms with Crippen LogP contribution in [0.15, 0.2) is 30.3 Å². The monoisotopic (exact) mass is 440 g/mol. The van der Waals surface area contributed by atoms with Crippen molar-refractivity contribution in [1.29, 1.82) is 0 Å². The molecule has 0 bridgehead atoms. The first kappa shape index (κ1) is 20.9. The number of nitrogens with zero attached hydrogens (tertiary/aromatic N) is 3. The summed E-state index contributed by atoms with van der Waals surface area (Å²) < 4.78 is 29.7. The molecule has 1 N–H and O–H groups in total. The number of benzene rings is 2. The summed E-state index contributed by atoms with van der Waals surface area (Å²) >= 11 is 5.57. The number of thiocarbonyl (C=S) groups is 1. The first-order valence-corrected chi connectivity index (χ1v) is 10.0. The lowest BCUT2D eigenvalue weighted by Gasteiger charge is -2.43. The molecule has 2 aliphatic rings. The van der Waals surface area contributed by atoms with Gasteiger partial charge < -0.3 is 10.2 Å². The molecule has 31 heavy (non-hydrogen) atoms. The van der Waals surface area contributed by atoms with E-state index in [0.717, 1.165) is 17.4 Å². The zero-order chi connectivity index (χ0) is 22.5. The number of hydrogen-bond donors (Lipinski definition) is 1. The van der Waals surface area contributed by atoms with Gasteiger partial charge in [0.1, 0.15) is 17.2 Å². The molecule has 1 aliphatic carbocycles. The number of amides is 2. The van der Waals surface area contributed by atoms with Gasteiger partial charge in [-0.1, -0.05) is 6.07 Å². The van der Waals surface area contributed by atoms with Crippen molar-refractivity contribution >= 4 is 46.2 Å². The Hall–Kier alpha value is -3.38. The third-order valence-electron chi connectivity index (χ3n) is 5.97. The maximum absolute atomic E-state index is 15.1. The van der Waals surface area contributed by atoms with Crippen LogP contribution < -0.4 is 15.1 Å². The van der Waals surface area contributed by atoms with Gasteiger partial charge in [-0.25, -0.2) is 13.6 Å². The molecule has 6 nitrogen and oxygen atoms in total. The van der Waals surface area contributed by atoms with Crippen molar-refractivity contribution in [3.8, 4) is 0 Å². The van der Waals surface area contributed by atoms with Gasteiger partial charge in [0, 0.05) is 12.7 Å². The topological polar surface area (TPSA) is 57.0 Å². The molecule has 0 aromatic heterocycles. The van der Waals surface area contributed by atoms with Gasteiger partial charge in [0.05, 0.1) is 17.8 Å². The van der Waals surface area contributed by atoms with Crippen LogP contribution in [0.25, 0.3) is 4.85 Å². The first-order valence-electron chi connectivity index (χ1n) is 9.64.